The highest BCUT2D eigenvalue weighted by molar-refractivity contribution is 5.17. The highest BCUT2D eigenvalue weighted by Gasteiger charge is 2.39. The molecule has 0 aromatic carbocycles. The van der Waals surface area contributed by atoms with Crippen molar-refractivity contribution >= 4 is 0 Å². The number of nitrogens with zero attached hydrogens (tertiary/aromatic N) is 2. The lowest BCUT2D eigenvalue weighted by Crippen LogP contribution is -2.65. The predicted octanol–water partition coefficient (Wildman–Crippen LogP) is 0.367. The van der Waals surface area contributed by atoms with Crippen molar-refractivity contribution in [1.29, 1.82) is 0 Å². The summed E-state index contributed by atoms with van der Waals surface area (Å²) >= 11 is 0. The Kier molecular flexibility index (Phi) is 4.15. The number of hydrogen-bond acceptors (Lipinski definition) is 5. The molecule has 0 aromatic heterocycles. The lowest BCUT2D eigenvalue weighted by atomic mass is 9.98. The first-order valence-corrected chi connectivity index (χ1v) is 7.74. The standard InChI is InChI=1S/C15H27N3O2/c1-15(10-20-11-15)16-14(19)18-7-3-4-13(18)12-5-8-17(2)9-6-12/h5,13-14,16,19H,3-4,6-11H2,1-2H3/t13-,14?/m0/s1. The van der Waals surface area contributed by atoms with Crippen LogP contribution in [-0.2, 0) is 4.74 Å². The molecule has 0 radical (unpaired) electrons. The molecule has 3 aliphatic rings. The van der Waals surface area contributed by atoms with E-state index in [-0.39, 0.29) is 5.54 Å². The van der Waals surface area contributed by atoms with Gasteiger partial charge in [0.1, 0.15) is 0 Å². The first-order valence-electron chi connectivity index (χ1n) is 7.74. The number of likely N-dealkylation sites (N-methyl/N-ethyl adjacent to an activating group) is 1. The zero-order valence-corrected chi connectivity index (χ0v) is 12.6. The van der Waals surface area contributed by atoms with Crippen molar-refractivity contribution in [2.75, 3.05) is 39.9 Å². The van der Waals surface area contributed by atoms with Crippen LogP contribution in [0.5, 0.6) is 0 Å². The van der Waals surface area contributed by atoms with Gasteiger partial charge in [-0.3, -0.25) is 10.2 Å². The van der Waals surface area contributed by atoms with E-state index in [9.17, 15) is 5.11 Å². The fraction of sp³-hybridized carbons (Fsp3) is 0.867. The van der Waals surface area contributed by atoms with Gasteiger partial charge in [-0.15, -0.1) is 0 Å². The molecule has 0 spiro atoms. The van der Waals surface area contributed by atoms with Gasteiger partial charge in [0, 0.05) is 25.7 Å². The lowest BCUT2D eigenvalue weighted by Gasteiger charge is -2.43. The third-order valence-electron chi connectivity index (χ3n) is 4.80. The molecule has 0 bridgehead atoms. The molecule has 0 amide bonds. The van der Waals surface area contributed by atoms with Crippen molar-refractivity contribution in [2.24, 2.45) is 0 Å². The quantitative estimate of drug-likeness (QED) is 0.576. The number of rotatable bonds is 4. The van der Waals surface area contributed by atoms with E-state index >= 15 is 0 Å². The van der Waals surface area contributed by atoms with Crippen molar-refractivity contribution in [1.82, 2.24) is 15.1 Å². The van der Waals surface area contributed by atoms with Crippen molar-refractivity contribution in [3.63, 3.8) is 0 Å². The Morgan fingerprint density at radius 1 is 1.45 bits per heavy atom. The maximum Gasteiger partial charge on any atom is 0.164 e. The van der Waals surface area contributed by atoms with Gasteiger partial charge in [0.15, 0.2) is 6.35 Å². The number of aliphatic hydroxyl groups excluding tert-OH is 1. The molecule has 114 valence electrons. The monoisotopic (exact) mass is 281 g/mol. The van der Waals surface area contributed by atoms with Gasteiger partial charge in [0.25, 0.3) is 0 Å². The van der Waals surface area contributed by atoms with Crippen LogP contribution in [0.4, 0.5) is 0 Å². The average molecular weight is 281 g/mol. The molecule has 1 unspecified atom stereocenters. The van der Waals surface area contributed by atoms with Gasteiger partial charge in [-0.1, -0.05) is 11.6 Å². The minimum atomic E-state index is -0.558. The summed E-state index contributed by atoms with van der Waals surface area (Å²) in [5, 5.41) is 13.9. The largest absolute Gasteiger partial charge is 0.377 e. The van der Waals surface area contributed by atoms with E-state index in [1.165, 1.54) is 18.4 Å². The van der Waals surface area contributed by atoms with Gasteiger partial charge < -0.3 is 14.7 Å². The highest BCUT2D eigenvalue weighted by Crippen LogP contribution is 2.29. The molecular weight excluding hydrogens is 254 g/mol. The summed E-state index contributed by atoms with van der Waals surface area (Å²) in [6.45, 7) is 6.63. The number of nitrogens with one attached hydrogen (secondary N) is 1. The van der Waals surface area contributed by atoms with Crippen LogP contribution in [-0.4, -0.2) is 72.7 Å². The van der Waals surface area contributed by atoms with Gasteiger partial charge in [0.05, 0.1) is 18.8 Å². The molecule has 0 aromatic rings. The van der Waals surface area contributed by atoms with Crippen LogP contribution in [0.25, 0.3) is 0 Å². The fourth-order valence-corrected chi connectivity index (χ4v) is 3.46. The summed E-state index contributed by atoms with van der Waals surface area (Å²) in [4.78, 5) is 4.56. The van der Waals surface area contributed by atoms with Crippen LogP contribution in [0.3, 0.4) is 0 Å². The maximum absolute atomic E-state index is 10.5. The van der Waals surface area contributed by atoms with E-state index in [4.69, 9.17) is 4.74 Å². The second kappa shape index (κ2) is 5.73. The summed E-state index contributed by atoms with van der Waals surface area (Å²) in [5.41, 5.74) is 1.45. The average Bonchev–Trinajstić information content (AvgIpc) is 2.87. The van der Waals surface area contributed by atoms with Gasteiger partial charge in [0.2, 0.25) is 0 Å². The molecule has 3 heterocycles. The molecule has 3 aliphatic heterocycles. The van der Waals surface area contributed by atoms with Gasteiger partial charge in [-0.25, -0.2) is 0 Å². The third-order valence-corrected chi connectivity index (χ3v) is 4.80. The van der Waals surface area contributed by atoms with E-state index in [1.807, 2.05) is 0 Å². The Morgan fingerprint density at radius 3 is 2.85 bits per heavy atom. The van der Waals surface area contributed by atoms with Crippen LogP contribution < -0.4 is 5.32 Å². The van der Waals surface area contributed by atoms with E-state index < -0.39 is 6.35 Å². The summed E-state index contributed by atoms with van der Waals surface area (Å²) in [7, 11) is 2.16. The molecule has 5 heteroatoms. The molecule has 0 saturated carbocycles. The van der Waals surface area contributed by atoms with Crippen LogP contribution in [0, 0.1) is 0 Å². The minimum absolute atomic E-state index is 0.0618. The summed E-state index contributed by atoms with van der Waals surface area (Å²) in [5.74, 6) is 0. The molecule has 2 atom stereocenters. The zero-order valence-electron chi connectivity index (χ0n) is 12.6. The number of aliphatic hydroxyl groups is 1. The molecular formula is C15H27N3O2. The number of hydrogen-bond donors (Lipinski definition) is 2. The van der Waals surface area contributed by atoms with Gasteiger partial charge in [-0.2, -0.15) is 0 Å². The minimum Gasteiger partial charge on any atom is -0.377 e. The SMILES string of the molecule is CN1CC=C([C@@H]2CCCN2C(O)NC2(C)COC2)CC1. The maximum atomic E-state index is 10.5. The Labute approximate surface area is 121 Å². The smallest absolute Gasteiger partial charge is 0.164 e. The summed E-state index contributed by atoms with van der Waals surface area (Å²) in [6.07, 6.45) is 5.26. The molecule has 2 N–H and O–H groups in total. The topological polar surface area (TPSA) is 48.0 Å². The van der Waals surface area contributed by atoms with Crippen molar-refractivity contribution in [3.05, 3.63) is 11.6 Å². The molecule has 3 rings (SSSR count). The molecule has 5 nitrogen and oxygen atoms in total. The number of ether oxygens (including phenoxy) is 1. The third kappa shape index (κ3) is 2.92. The van der Waals surface area contributed by atoms with Crippen LogP contribution in [0.2, 0.25) is 0 Å². The van der Waals surface area contributed by atoms with Crippen LogP contribution in [0.15, 0.2) is 11.6 Å². The Hall–Kier alpha value is -0.460. The number of likely N-dealkylation sites (tertiary alicyclic amines) is 1. The first kappa shape index (κ1) is 14.5. The molecule has 0 aliphatic carbocycles. The van der Waals surface area contributed by atoms with E-state index in [0.717, 1.165) is 26.1 Å². The first-order chi connectivity index (χ1) is 9.57. The zero-order chi connectivity index (χ0) is 14.2. The normalized spacial score (nSPS) is 32.8. The van der Waals surface area contributed by atoms with E-state index in [1.54, 1.807) is 0 Å². The van der Waals surface area contributed by atoms with Crippen LogP contribution in [0.1, 0.15) is 26.2 Å². The summed E-state index contributed by atoms with van der Waals surface area (Å²) < 4.78 is 5.25. The van der Waals surface area contributed by atoms with E-state index in [0.29, 0.717) is 19.3 Å². The highest BCUT2D eigenvalue weighted by atomic mass is 16.5. The second-order valence-corrected chi connectivity index (χ2v) is 6.76. The predicted molar refractivity (Wildman–Crippen MR) is 78.3 cm³/mol. The molecule has 2 fully saturated rings. The Balaban J connectivity index is 1.63. The van der Waals surface area contributed by atoms with E-state index in [2.05, 4.69) is 35.2 Å². The van der Waals surface area contributed by atoms with Crippen molar-refractivity contribution < 1.29 is 9.84 Å². The molecule has 2 saturated heterocycles. The fourth-order valence-electron chi connectivity index (χ4n) is 3.46. The lowest BCUT2D eigenvalue weighted by molar-refractivity contribution is -0.122. The Morgan fingerprint density at radius 2 is 2.25 bits per heavy atom. The van der Waals surface area contributed by atoms with Crippen molar-refractivity contribution in [2.45, 2.75) is 44.1 Å². The Bertz CT molecular complexity index is 381. The second-order valence-electron chi connectivity index (χ2n) is 6.76. The van der Waals surface area contributed by atoms with Gasteiger partial charge >= 0.3 is 0 Å². The van der Waals surface area contributed by atoms with Crippen molar-refractivity contribution in [3.8, 4) is 0 Å². The summed E-state index contributed by atoms with van der Waals surface area (Å²) in [6, 6.07) is 0.413. The van der Waals surface area contributed by atoms with Crippen LogP contribution >= 0.6 is 0 Å². The molecule has 20 heavy (non-hydrogen) atoms. The van der Waals surface area contributed by atoms with Gasteiger partial charge in [-0.05, 0) is 33.2 Å².